The van der Waals surface area contributed by atoms with Crippen LogP contribution in [0.25, 0.3) is 0 Å². The molecule has 0 atom stereocenters. The molecule has 8 nitrogen and oxygen atoms in total. The SMILES string of the molecule is Cc1ccc(C(=O)Nc2nnc(SCC(=O)c3ccccc3)s2)cc1[N+](=O)[O-]. The second-order valence-corrected chi connectivity index (χ2v) is 7.86. The van der Waals surface area contributed by atoms with Crippen molar-refractivity contribution in [3.8, 4) is 0 Å². The minimum Gasteiger partial charge on any atom is -0.296 e. The zero-order valence-corrected chi connectivity index (χ0v) is 16.3. The lowest BCUT2D eigenvalue weighted by molar-refractivity contribution is -0.385. The first-order valence-corrected chi connectivity index (χ1v) is 9.85. The number of rotatable bonds is 7. The summed E-state index contributed by atoms with van der Waals surface area (Å²) < 4.78 is 0.537. The van der Waals surface area contributed by atoms with E-state index in [-0.39, 0.29) is 27.9 Å². The average Bonchev–Trinajstić information content (AvgIpc) is 3.14. The van der Waals surface area contributed by atoms with Gasteiger partial charge < -0.3 is 0 Å². The molecule has 28 heavy (non-hydrogen) atoms. The third kappa shape index (κ3) is 4.78. The number of amides is 1. The second-order valence-electron chi connectivity index (χ2n) is 5.66. The van der Waals surface area contributed by atoms with Crippen LogP contribution in [-0.2, 0) is 0 Å². The third-order valence-electron chi connectivity index (χ3n) is 3.72. The summed E-state index contributed by atoms with van der Waals surface area (Å²) in [5.74, 6) is -0.342. The fourth-order valence-corrected chi connectivity index (χ4v) is 3.91. The van der Waals surface area contributed by atoms with E-state index in [2.05, 4.69) is 15.5 Å². The summed E-state index contributed by atoms with van der Waals surface area (Å²) in [7, 11) is 0. The van der Waals surface area contributed by atoms with Crippen molar-refractivity contribution < 1.29 is 14.5 Å². The number of nitro groups is 1. The van der Waals surface area contributed by atoms with Gasteiger partial charge in [0.05, 0.1) is 10.7 Å². The van der Waals surface area contributed by atoms with Gasteiger partial charge in [0.2, 0.25) is 5.13 Å². The number of nitro benzene ring substituents is 1. The second kappa shape index (κ2) is 8.72. The molecular formula is C18H14N4O4S2. The summed E-state index contributed by atoms with van der Waals surface area (Å²) in [6.07, 6.45) is 0. The third-order valence-corrected chi connectivity index (χ3v) is 5.69. The standard InChI is InChI=1S/C18H14N4O4S2/c1-11-7-8-13(9-14(11)22(25)26)16(24)19-17-20-21-18(28-17)27-10-15(23)12-5-3-2-4-6-12/h2-9H,10H2,1H3,(H,19,20,24). The molecule has 1 N–H and O–H groups in total. The number of ketones is 1. The van der Waals surface area contributed by atoms with Crippen LogP contribution in [-0.4, -0.2) is 32.6 Å². The smallest absolute Gasteiger partial charge is 0.273 e. The molecule has 0 fully saturated rings. The maximum atomic E-state index is 12.3. The van der Waals surface area contributed by atoms with Crippen molar-refractivity contribution in [2.24, 2.45) is 0 Å². The summed E-state index contributed by atoms with van der Waals surface area (Å²) in [6.45, 7) is 1.60. The number of thioether (sulfide) groups is 1. The van der Waals surface area contributed by atoms with Gasteiger partial charge in [0.1, 0.15) is 0 Å². The molecule has 0 aliphatic heterocycles. The van der Waals surface area contributed by atoms with Gasteiger partial charge in [-0.25, -0.2) is 0 Å². The van der Waals surface area contributed by atoms with Gasteiger partial charge in [-0.1, -0.05) is 59.5 Å². The first-order chi connectivity index (χ1) is 13.4. The van der Waals surface area contributed by atoms with E-state index in [0.717, 1.165) is 11.3 Å². The Labute approximate surface area is 168 Å². The van der Waals surface area contributed by atoms with E-state index in [4.69, 9.17) is 0 Å². The largest absolute Gasteiger partial charge is 0.296 e. The Morgan fingerprint density at radius 3 is 2.61 bits per heavy atom. The molecule has 3 rings (SSSR count). The molecule has 10 heteroatoms. The molecule has 0 unspecified atom stereocenters. The number of benzene rings is 2. The van der Waals surface area contributed by atoms with Gasteiger partial charge >= 0.3 is 0 Å². The van der Waals surface area contributed by atoms with E-state index in [1.807, 2.05) is 6.07 Å². The predicted octanol–water partition coefficient (Wildman–Crippen LogP) is 3.98. The van der Waals surface area contributed by atoms with E-state index >= 15 is 0 Å². The first kappa shape index (κ1) is 19.6. The number of Topliss-reactive ketones (excluding diaryl/α,β-unsaturated/α-hetero) is 1. The molecule has 0 bridgehead atoms. The van der Waals surface area contributed by atoms with E-state index in [0.29, 0.717) is 15.5 Å². The van der Waals surface area contributed by atoms with Crippen LogP contribution in [0.3, 0.4) is 0 Å². The lowest BCUT2D eigenvalue weighted by atomic mass is 10.1. The van der Waals surface area contributed by atoms with Crippen molar-refractivity contribution in [1.29, 1.82) is 0 Å². The quantitative estimate of drug-likeness (QED) is 0.204. The monoisotopic (exact) mass is 414 g/mol. The Kier molecular flexibility index (Phi) is 6.12. The topological polar surface area (TPSA) is 115 Å². The number of nitrogens with one attached hydrogen (secondary N) is 1. The lowest BCUT2D eigenvalue weighted by Gasteiger charge is -2.02. The number of carbonyl (C=O) groups excluding carboxylic acids is 2. The summed E-state index contributed by atoms with van der Waals surface area (Å²) in [5.41, 5.74) is 1.12. The van der Waals surface area contributed by atoms with Crippen molar-refractivity contribution in [2.75, 3.05) is 11.1 Å². The number of anilines is 1. The number of aromatic nitrogens is 2. The van der Waals surface area contributed by atoms with Gasteiger partial charge in [-0.3, -0.25) is 25.0 Å². The normalized spacial score (nSPS) is 10.5. The van der Waals surface area contributed by atoms with E-state index in [9.17, 15) is 19.7 Å². The van der Waals surface area contributed by atoms with E-state index in [1.54, 1.807) is 31.2 Å². The highest BCUT2D eigenvalue weighted by Crippen LogP contribution is 2.27. The van der Waals surface area contributed by atoms with Crippen molar-refractivity contribution in [2.45, 2.75) is 11.3 Å². The van der Waals surface area contributed by atoms with Crippen molar-refractivity contribution >= 4 is 45.6 Å². The maximum absolute atomic E-state index is 12.3. The Bertz CT molecular complexity index is 1040. The van der Waals surface area contributed by atoms with Crippen LogP contribution in [0.5, 0.6) is 0 Å². The molecule has 0 saturated heterocycles. The fraction of sp³-hybridized carbons (Fsp3) is 0.111. The summed E-state index contributed by atoms with van der Waals surface area (Å²) in [5, 5.41) is 21.7. The molecule has 3 aromatic rings. The van der Waals surface area contributed by atoms with Crippen molar-refractivity contribution in [3.63, 3.8) is 0 Å². The molecule has 2 aromatic carbocycles. The molecule has 1 amide bonds. The maximum Gasteiger partial charge on any atom is 0.273 e. The Hall–Kier alpha value is -3.11. The van der Waals surface area contributed by atoms with Crippen LogP contribution in [0, 0.1) is 17.0 Å². The zero-order valence-electron chi connectivity index (χ0n) is 14.6. The van der Waals surface area contributed by atoms with Crippen LogP contribution in [0.15, 0.2) is 52.9 Å². The zero-order chi connectivity index (χ0) is 20.1. The Morgan fingerprint density at radius 1 is 1.14 bits per heavy atom. The fourth-order valence-electron chi connectivity index (χ4n) is 2.27. The van der Waals surface area contributed by atoms with Gasteiger partial charge in [0, 0.05) is 22.8 Å². The molecular weight excluding hydrogens is 400 g/mol. The van der Waals surface area contributed by atoms with Gasteiger partial charge in [-0.15, -0.1) is 10.2 Å². The summed E-state index contributed by atoms with van der Waals surface area (Å²) in [4.78, 5) is 34.9. The molecule has 1 heterocycles. The minimum atomic E-state index is -0.532. The van der Waals surface area contributed by atoms with Crippen LogP contribution in [0.2, 0.25) is 0 Å². The van der Waals surface area contributed by atoms with Gasteiger partial charge in [0.15, 0.2) is 10.1 Å². The van der Waals surface area contributed by atoms with E-state index < -0.39 is 10.8 Å². The van der Waals surface area contributed by atoms with Gasteiger partial charge in [-0.05, 0) is 13.0 Å². The van der Waals surface area contributed by atoms with Crippen LogP contribution in [0.1, 0.15) is 26.3 Å². The molecule has 0 aliphatic rings. The molecule has 0 spiro atoms. The number of hydrogen-bond donors (Lipinski definition) is 1. The van der Waals surface area contributed by atoms with Crippen molar-refractivity contribution in [3.05, 3.63) is 75.3 Å². The van der Waals surface area contributed by atoms with E-state index in [1.165, 1.54) is 30.0 Å². The molecule has 0 saturated carbocycles. The minimum absolute atomic E-state index is 0.0293. The highest BCUT2D eigenvalue weighted by molar-refractivity contribution is 8.01. The number of hydrogen-bond acceptors (Lipinski definition) is 8. The molecule has 1 aromatic heterocycles. The highest BCUT2D eigenvalue weighted by atomic mass is 32.2. The van der Waals surface area contributed by atoms with Crippen LogP contribution in [0.4, 0.5) is 10.8 Å². The molecule has 0 aliphatic carbocycles. The number of carbonyl (C=O) groups is 2. The average molecular weight is 414 g/mol. The predicted molar refractivity (Wildman–Crippen MR) is 107 cm³/mol. The van der Waals surface area contributed by atoms with Gasteiger partial charge in [-0.2, -0.15) is 0 Å². The van der Waals surface area contributed by atoms with Crippen molar-refractivity contribution in [1.82, 2.24) is 10.2 Å². The lowest BCUT2D eigenvalue weighted by Crippen LogP contribution is -2.12. The highest BCUT2D eigenvalue weighted by Gasteiger charge is 2.17. The molecule has 142 valence electrons. The summed E-state index contributed by atoms with van der Waals surface area (Å²) in [6, 6.07) is 13.2. The number of aryl methyl sites for hydroxylation is 1. The number of nitrogens with zero attached hydrogens (tertiary/aromatic N) is 3. The first-order valence-electron chi connectivity index (χ1n) is 8.05. The van der Waals surface area contributed by atoms with Crippen LogP contribution < -0.4 is 5.32 Å². The van der Waals surface area contributed by atoms with Gasteiger partial charge in [0.25, 0.3) is 11.6 Å². The summed E-state index contributed by atoms with van der Waals surface area (Å²) >= 11 is 2.36. The Morgan fingerprint density at radius 2 is 1.89 bits per heavy atom. The van der Waals surface area contributed by atoms with Crippen LogP contribution >= 0.6 is 23.1 Å². The molecule has 0 radical (unpaired) electrons. The Balaban J connectivity index is 1.61.